The van der Waals surface area contributed by atoms with Crippen LogP contribution in [-0.2, 0) is 17.3 Å². The second kappa shape index (κ2) is 5.65. The zero-order valence-corrected chi connectivity index (χ0v) is 12.3. The monoisotopic (exact) mass is 310 g/mol. The van der Waals surface area contributed by atoms with Crippen LogP contribution in [-0.4, -0.2) is 36.3 Å². The number of hydrogen-bond acceptors (Lipinski definition) is 4. The molecule has 2 rings (SSSR count). The molecule has 0 fully saturated rings. The molecule has 0 aliphatic rings. The van der Waals surface area contributed by atoms with Crippen molar-refractivity contribution < 1.29 is 14.1 Å². The molecule has 0 aliphatic heterocycles. The van der Waals surface area contributed by atoms with Gasteiger partial charge in [-0.15, -0.1) is 0 Å². The minimum Gasteiger partial charge on any atom is -0.478 e. The van der Waals surface area contributed by atoms with E-state index in [1.807, 2.05) is 0 Å². The summed E-state index contributed by atoms with van der Waals surface area (Å²) < 4.78 is 12.6. The van der Waals surface area contributed by atoms with E-state index in [1.165, 1.54) is 24.5 Å². The Labute approximate surface area is 121 Å². The van der Waals surface area contributed by atoms with Gasteiger partial charge in [-0.3, -0.25) is 13.8 Å². The van der Waals surface area contributed by atoms with Crippen molar-refractivity contribution in [2.45, 2.75) is 18.7 Å². The Morgan fingerprint density at radius 1 is 1.43 bits per heavy atom. The molecule has 1 aromatic carbocycles. The molecule has 21 heavy (non-hydrogen) atoms. The van der Waals surface area contributed by atoms with Crippen LogP contribution < -0.4 is 11.1 Å². The first kappa shape index (κ1) is 15.2. The molecule has 2 unspecified atom stereocenters. The van der Waals surface area contributed by atoms with Crippen molar-refractivity contribution in [2.75, 3.05) is 6.26 Å². The Balaban J connectivity index is 2.85. The molecule has 1 aromatic heterocycles. The van der Waals surface area contributed by atoms with Crippen molar-refractivity contribution in [1.82, 2.24) is 9.55 Å². The molecule has 7 nitrogen and oxygen atoms in total. The molecule has 2 N–H and O–H groups in total. The number of H-pyrrole nitrogens is 1. The van der Waals surface area contributed by atoms with E-state index in [4.69, 9.17) is 0 Å². The molecule has 112 valence electrons. The van der Waals surface area contributed by atoms with Crippen molar-refractivity contribution >= 4 is 27.8 Å². The number of rotatable bonds is 4. The van der Waals surface area contributed by atoms with E-state index in [-0.39, 0.29) is 23.1 Å². The Kier molecular flexibility index (Phi) is 4.08. The fourth-order valence-electron chi connectivity index (χ4n) is 2.04. The number of hydrogen-bond donors (Lipinski definition) is 2. The lowest BCUT2D eigenvalue weighted by atomic mass is 10.1. The standard InChI is InChI=1S/C13H14N2O5S/c1-7(21(2)20)6-15-10-8(13(18)19)4-3-5-9(10)14-11(16)12(15)17/h3-5,7H,6H2,1-2H3,(H,14,16)(H,18,19). The van der Waals surface area contributed by atoms with Crippen LogP contribution in [0.5, 0.6) is 0 Å². The zero-order valence-electron chi connectivity index (χ0n) is 11.5. The minimum atomic E-state index is -1.21. The maximum absolute atomic E-state index is 12.0. The number of nitrogens with zero attached hydrogens (tertiary/aromatic N) is 1. The van der Waals surface area contributed by atoms with E-state index < -0.39 is 33.1 Å². The van der Waals surface area contributed by atoms with Gasteiger partial charge in [-0.05, 0) is 19.1 Å². The third-order valence-corrected chi connectivity index (χ3v) is 4.51. The number of fused-ring (bicyclic) bond motifs is 1. The fraction of sp³-hybridized carbons (Fsp3) is 0.308. The van der Waals surface area contributed by atoms with E-state index >= 15 is 0 Å². The molecule has 0 amide bonds. The molecule has 0 spiro atoms. The van der Waals surface area contributed by atoms with Gasteiger partial charge in [0.25, 0.3) is 0 Å². The van der Waals surface area contributed by atoms with Crippen LogP contribution in [0.25, 0.3) is 11.0 Å². The molecule has 0 saturated heterocycles. The molecule has 2 atom stereocenters. The Morgan fingerprint density at radius 3 is 2.67 bits per heavy atom. The highest BCUT2D eigenvalue weighted by Gasteiger charge is 2.18. The fourth-order valence-corrected chi connectivity index (χ4v) is 2.40. The maximum atomic E-state index is 12.0. The molecule has 8 heteroatoms. The summed E-state index contributed by atoms with van der Waals surface area (Å²) in [6.45, 7) is 1.67. The van der Waals surface area contributed by atoms with Crippen LogP contribution in [0, 0.1) is 0 Å². The summed E-state index contributed by atoms with van der Waals surface area (Å²) in [6.07, 6.45) is 1.49. The third kappa shape index (κ3) is 2.80. The number of nitrogens with one attached hydrogen (secondary N) is 1. The normalized spacial score (nSPS) is 14.0. The predicted molar refractivity (Wildman–Crippen MR) is 79.3 cm³/mol. The van der Waals surface area contributed by atoms with Crippen LogP contribution in [0.3, 0.4) is 0 Å². The van der Waals surface area contributed by atoms with Gasteiger partial charge in [0.05, 0.1) is 16.6 Å². The van der Waals surface area contributed by atoms with Crippen molar-refractivity contribution in [3.8, 4) is 0 Å². The van der Waals surface area contributed by atoms with E-state index in [0.717, 1.165) is 4.57 Å². The smallest absolute Gasteiger partial charge is 0.337 e. The van der Waals surface area contributed by atoms with Crippen LogP contribution in [0.15, 0.2) is 27.8 Å². The number of aromatic nitrogens is 2. The molecule has 1 heterocycles. The minimum absolute atomic E-state index is 0.00660. The van der Waals surface area contributed by atoms with Crippen molar-refractivity contribution in [3.05, 3.63) is 44.5 Å². The lowest BCUT2D eigenvalue weighted by Gasteiger charge is -2.14. The van der Waals surface area contributed by atoms with Gasteiger partial charge < -0.3 is 14.7 Å². The molecule has 0 aliphatic carbocycles. The summed E-state index contributed by atoms with van der Waals surface area (Å²) in [6, 6.07) is 4.36. The molecule has 0 saturated carbocycles. The number of aromatic carboxylic acids is 1. The lowest BCUT2D eigenvalue weighted by Crippen LogP contribution is -2.39. The highest BCUT2D eigenvalue weighted by molar-refractivity contribution is 7.84. The maximum Gasteiger partial charge on any atom is 0.337 e. The third-order valence-electron chi connectivity index (χ3n) is 3.23. The van der Waals surface area contributed by atoms with Gasteiger partial charge in [-0.25, -0.2) is 4.79 Å². The molecular formula is C13H14N2O5S. The van der Waals surface area contributed by atoms with Crippen LogP contribution in [0.4, 0.5) is 0 Å². The molecular weight excluding hydrogens is 296 g/mol. The summed E-state index contributed by atoms with van der Waals surface area (Å²) in [5, 5.41) is 8.85. The number of carboxylic acid groups (broad SMARTS) is 1. The van der Waals surface area contributed by atoms with Crippen LogP contribution in [0.1, 0.15) is 17.3 Å². The summed E-state index contributed by atoms with van der Waals surface area (Å²) >= 11 is 0. The van der Waals surface area contributed by atoms with E-state index in [2.05, 4.69) is 4.98 Å². The first-order valence-corrected chi connectivity index (χ1v) is 7.76. The average molecular weight is 310 g/mol. The summed E-state index contributed by atoms with van der Waals surface area (Å²) in [7, 11) is -1.21. The summed E-state index contributed by atoms with van der Waals surface area (Å²) in [4.78, 5) is 37.4. The Morgan fingerprint density at radius 2 is 2.10 bits per heavy atom. The molecule has 0 radical (unpaired) electrons. The number of aromatic amines is 1. The van der Waals surface area contributed by atoms with Crippen LogP contribution >= 0.6 is 0 Å². The topological polar surface area (TPSA) is 109 Å². The van der Waals surface area contributed by atoms with E-state index in [1.54, 1.807) is 6.92 Å². The summed E-state index contributed by atoms with van der Waals surface area (Å²) in [5.74, 6) is -1.20. The number of para-hydroxylation sites is 1. The van der Waals surface area contributed by atoms with Crippen LogP contribution in [0.2, 0.25) is 0 Å². The highest BCUT2D eigenvalue weighted by Crippen LogP contribution is 2.15. The number of carboxylic acids is 1. The molecule has 0 bridgehead atoms. The van der Waals surface area contributed by atoms with Gasteiger partial charge >= 0.3 is 17.1 Å². The number of carbonyl (C=O) groups is 1. The predicted octanol–water partition coefficient (Wildman–Crippen LogP) is 0.155. The summed E-state index contributed by atoms with van der Waals surface area (Å²) in [5.41, 5.74) is -1.39. The van der Waals surface area contributed by atoms with E-state index in [0.29, 0.717) is 0 Å². The van der Waals surface area contributed by atoms with Gasteiger partial charge in [0.2, 0.25) is 0 Å². The van der Waals surface area contributed by atoms with Gasteiger partial charge in [-0.1, -0.05) is 6.07 Å². The average Bonchev–Trinajstić information content (AvgIpc) is 2.42. The highest BCUT2D eigenvalue weighted by atomic mass is 32.2. The largest absolute Gasteiger partial charge is 0.478 e. The van der Waals surface area contributed by atoms with Gasteiger partial charge in [0.1, 0.15) is 0 Å². The second-order valence-electron chi connectivity index (χ2n) is 4.69. The van der Waals surface area contributed by atoms with Crippen molar-refractivity contribution in [1.29, 1.82) is 0 Å². The Hall–Kier alpha value is -2.22. The van der Waals surface area contributed by atoms with E-state index in [9.17, 15) is 23.7 Å². The van der Waals surface area contributed by atoms with Crippen molar-refractivity contribution in [3.63, 3.8) is 0 Å². The zero-order chi connectivity index (χ0) is 15.7. The Bertz CT molecular complexity index is 852. The quantitative estimate of drug-likeness (QED) is 0.782. The first-order chi connectivity index (χ1) is 9.82. The lowest BCUT2D eigenvalue weighted by molar-refractivity contribution is 0.0698. The van der Waals surface area contributed by atoms with Gasteiger partial charge in [0, 0.05) is 28.9 Å². The molecule has 2 aromatic rings. The van der Waals surface area contributed by atoms with Gasteiger partial charge in [0.15, 0.2) is 0 Å². The first-order valence-electron chi connectivity index (χ1n) is 6.14. The van der Waals surface area contributed by atoms with Gasteiger partial charge in [-0.2, -0.15) is 0 Å². The second-order valence-corrected chi connectivity index (χ2v) is 6.49. The number of benzene rings is 1. The SMILES string of the molecule is CC(Cn1c(=O)c(=O)[nH]c2cccc(C(=O)O)c21)S(C)=O. The van der Waals surface area contributed by atoms with Crippen molar-refractivity contribution in [2.24, 2.45) is 0 Å².